The second-order valence-electron chi connectivity index (χ2n) is 4.59. The van der Waals surface area contributed by atoms with Gasteiger partial charge in [-0.05, 0) is 28.5 Å². The number of carbonyl (C=O) groups is 1. The summed E-state index contributed by atoms with van der Waals surface area (Å²) in [7, 11) is 0. The molecule has 3 rings (SSSR count). The molecular formula is C16H11ClO3S. The normalized spacial score (nSPS) is 12.5. The first-order valence-electron chi connectivity index (χ1n) is 6.25. The van der Waals surface area contributed by atoms with Crippen LogP contribution in [0.5, 0.6) is 0 Å². The molecule has 1 unspecified atom stereocenters. The molecule has 3 nitrogen and oxygen atoms in total. The van der Waals surface area contributed by atoms with Crippen molar-refractivity contribution < 1.29 is 15.0 Å². The molecule has 2 aromatic carbocycles. The second kappa shape index (κ2) is 5.48. The van der Waals surface area contributed by atoms with Crippen molar-refractivity contribution in [2.24, 2.45) is 0 Å². The van der Waals surface area contributed by atoms with Crippen molar-refractivity contribution in [1.29, 1.82) is 0 Å². The SMILES string of the molecule is O=C(O)c1cccc2cccc(C(O)c3sccc3Cl)c12. The summed E-state index contributed by atoms with van der Waals surface area (Å²) < 4.78 is 0. The van der Waals surface area contributed by atoms with Crippen molar-refractivity contribution >= 4 is 39.7 Å². The van der Waals surface area contributed by atoms with Gasteiger partial charge in [0.15, 0.2) is 0 Å². The van der Waals surface area contributed by atoms with Crippen LogP contribution in [-0.2, 0) is 0 Å². The number of hydrogen-bond donors (Lipinski definition) is 2. The van der Waals surface area contributed by atoms with E-state index >= 15 is 0 Å². The number of carboxylic acids is 1. The first-order chi connectivity index (χ1) is 10.1. The van der Waals surface area contributed by atoms with Crippen LogP contribution >= 0.6 is 22.9 Å². The Morgan fingerprint density at radius 2 is 1.86 bits per heavy atom. The number of aliphatic hydroxyl groups excluding tert-OH is 1. The highest BCUT2D eigenvalue weighted by Crippen LogP contribution is 2.36. The van der Waals surface area contributed by atoms with E-state index in [0.29, 0.717) is 20.8 Å². The Labute approximate surface area is 130 Å². The van der Waals surface area contributed by atoms with Gasteiger partial charge in [0.2, 0.25) is 0 Å². The third kappa shape index (κ3) is 2.42. The van der Waals surface area contributed by atoms with E-state index in [4.69, 9.17) is 11.6 Å². The Morgan fingerprint density at radius 1 is 1.14 bits per heavy atom. The number of rotatable bonds is 3. The Morgan fingerprint density at radius 3 is 2.48 bits per heavy atom. The van der Waals surface area contributed by atoms with E-state index in [1.165, 1.54) is 17.4 Å². The first-order valence-corrected chi connectivity index (χ1v) is 7.51. The van der Waals surface area contributed by atoms with Crippen LogP contribution in [-0.4, -0.2) is 16.2 Å². The zero-order chi connectivity index (χ0) is 15.0. The molecule has 5 heteroatoms. The van der Waals surface area contributed by atoms with Crippen LogP contribution < -0.4 is 0 Å². The molecule has 3 aromatic rings. The number of aromatic carboxylic acids is 1. The van der Waals surface area contributed by atoms with Gasteiger partial charge >= 0.3 is 5.97 Å². The molecule has 0 radical (unpaired) electrons. The molecule has 1 atom stereocenters. The lowest BCUT2D eigenvalue weighted by atomic mass is 9.95. The minimum atomic E-state index is -1.02. The molecule has 0 fully saturated rings. The summed E-state index contributed by atoms with van der Waals surface area (Å²) in [5.74, 6) is -1.02. The molecule has 0 saturated heterocycles. The quantitative estimate of drug-likeness (QED) is 0.755. The molecule has 2 N–H and O–H groups in total. The van der Waals surface area contributed by atoms with E-state index in [-0.39, 0.29) is 5.56 Å². The maximum absolute atomic E-state index is 11.4. The number of aliphatic hydroxyl groups is 1. The zero-order valence-corrected chi connectivity index (χ0v) is 12.4. The Hall–Kier alpha value is -1.88. The zero-order valence-electron chi connectivity index (χ0n) is 10.8. The van der Waals surface area contributed by atoms with Gasteiger partial charge in [-0.2, -0.15) is 0 Å². The van der Waals surface area contributed by atoms with Crippen molar-refractivity contribution in [3.63, 3.8) is 0 Å². The highest BCUT2D eigenvalue weighted by atomic mass is 35.5. The summed E-state index contributed by atoms with van der Waals surface area (Å²) in [5.41, 5.74) is 0.727. The van der Waals surface area contributed by atoms with E-state index < -0.39 is 12.1 Å². The fraction of sp³-hybridized carbons (Fsp3) is 0.0625. The van der Waals surface area contributed by atoms with Gasteiger partial charge in [0.25, 0.3) is 0 Å². The van der Waals surface area contributed by atoms with Gasteiger partial charge in [-0.25, -0.2) is 4.79 Å². The fourth-order valence-electron chi connectivity index (χ4n) is 2.42. The van der Waals surface area contributed by atoms with Crippen LogP contribution in [0.4, 0.5) is 0 Å². The summed E-state index contributed by atoms with van der Waals surface area (Å²) in [5, 5.41) is 23.6. The molecule has 0 aliphatic rings. The smallest absolute Gasteiger partial charge is 0.336 e. The minimum absolute atomic E-state index is 0.176. The highest BCUT2D eigenvalue weighted by molar-refractivity contribution is 7.10. The molecule has 0 bridgehead atoms. The average Bonchev–Trinajstić information content (AvgIpc) is 2.91. The lowest BCUT2D eigenvalue weighted by Crippen LogP contribution is -2.04. The van der Waals surface area contributed by atoms with Crippen molar-refractivity contribution in [2.75, 3.05) is 0 Å². The molecule has 0 aliphatic carbocycles. The van der Waals surface area contributed by atoms with Gasteiger partial charge in [-0.15, -0.1) is 11.3 Å². The van der Waals surface area contributed by atoms with Crippen LogP contribution in [0.1, 0.15) is 26.9 Å². The van der Waals surface area contributed by atoms with E-state index in [9.17, 15) is 15.0 Å². The summed E-state index contributed by atoms with van der Waals surface area (Å²) >= 11 is 7.42. The molecule has 0 spiro atoms. The maximum atomic E-state index is 11.4. The Kier molecular flexibility index (Phi) is 3.68. The van der Waals surface area contributed by atoms with Crippen LogP contribution in [0.15, 0.2) is 47.8 Å². The van der Waals surface area contributed by atoms with Crippen LogP contribution in [0.25, 0.3) is 10.8 Å². The van der Waals surface area contributed by atoms with E-state index in [0.717, 1.165) is 5.39 Å². The van der Waals surface area contributed by atoms with Gasteiger partial charge < -0.3 is 10.2 Å². The lowest BCUT2D eigenvalue weighted by Gasteiger charge is -2.14. The predicted octanol–water partition coefficient (Wildman–Crippen LogP) is 4.33. The van der Waals surface area contributed by atoms with E-state index in [1.807, 2.05) is 12.1 Å². The number of hydrogen-bond acceptors (Lipinski definition) is 3. The largest absolute Gasteiger partial charge is 0.478 e. The number of halogens is 1. The van der Waals surface area contributed by atoms with Crippen LogP contribution in [0.2, 0.25) is 5.02 Å². The van der Waals surface area contributed by atoms with E-state index in [2.05, 4.69) is 0 Å². The lowest BCUT2D eigenvalue weighted by molar-refractivity contribution is 0.0699. The van der Waals surface area contributed by atoms with Crippen molar-refractivity contribution in [1.82, 2.24) is 0 Å². The summed E-state index contributed by atoms with van der Waals surface area (Å²) in [6.07, 6.45) is -0.943. The minimum Gasteiger partial charge on any atom is -0.478 e. The number of fused-ring (bicyclic) bond motifs is 1. The van der Waals surface area contributed by atoms with Gasteiger partial charge in [0.1, 0.15) is 6.10 Å². The number of carboxylic acid groups (broad SMARTS) is 1. The molecule has 1 aromatic heterocycles. The van der Waals surface area contributed by atoms with Crippen molar-refractivity contribution in [3.05, 3.63) is 68.9 Å². The molecule has 106 valence electrons. The molecule has 0 saturated carbocycles. The van der Waals surface area contributed by atoms with Crippen molar-refractivity contribution in [2.45, 2.75) is 6.10 Å². The topological polar surface area (TPSA) is 57.5 Å². The molecule has 1 heterocycles. The van der Waals surface area contributed by atoms with Crippen LogP contribution in [0, 0.1) is 0 Å². The number of thiophene rings is 1. The van der Waals surface area contributed by atoms with Crippen molar-refractivity contribution in [3.8, 4) is 0 Å². The summed E-state index contributed by atoms with van der Waals surface area (Å²) in [4.78, 5) is 12.1. The standard InChI is InChI=1S/C16H11ClO3S/c17-12-7-8-21-15(12)14(18)10-5-1-3-9-4-2-6-11(13(9)10)16(19)20/h1-8,14,18H,(H,19,20). The monoisotopic (exact) mass is 318 g/mol. The van der Waals surface area contributed by atoms with E-state index in [1.54, 1.807) is 29.6 Å². The summed E-state index contributed by atoms with van der Waals surface area (Å²) in [6.45, 7) is 0. The molecule has 0 amide bonds. The first kappa shape index (κ1) is 14.1. The number of benzene rings is 2. The van der Waals surface area contributed by atoms with Gasteiger partial charge in [0.05, 0.1) is 15.5 Å². The third-order valence-corrected chi connectivity index (χ3v) is 4.77. The maximum Gasteiger partial charge on any atom is 0.336 e. The van der Waals surface area contributed by atoms with Crippen LogP contribution in [0.3, 0.4) is 0 Å². The third-order valence-electron chi connectivity index (χ3n) is 3.36. The molecular weight excluding hydrogens is 308 g/mol. The Balaban J connectivity index is 2.28. The van der Waals surface area contributed by atoms with Gasteiger partial charge in [-0.1, -0.05) is 41.9 Å². The Bertz CT molecular complexity index is 820. The average molecular weight is 319 g/mol. The molecule has 0 aliphatic heterocycles. The van der Waals surface area contributed by atoms with Gasteiger partial charge in [-0.3, -0.25) is 0 Å². The molecule has 21 heavy (non-hydrogen) atoms. The highest BCUT2D eigenvalue weighted by Gasteiger charge is 2.20. The van der Waals surface area contributed by atoms with Gasteiger partial charge in [0, 0.05) is 5.39 Å². The fourth-order valence-corrected chi connectivity index (χ4v) is 3.58. The predicted molar refractivity (Wildman–Crippen MR) is 84.3 cm³/mol. The summed E-state index contributed by atoms with van der Waals surface area (Å²) in [6, 6.07) is 12.1. The second-order valence-corrected chi connectivity index (χ2v) is 5.95.